The number of nitrogens with zero attached hydrogens (tertiary/aromatic N) is 2. The van der Waals surface area contributed by atoms with Gasteiger partial charge >= 0.3 is 5.97 Å². The van der Waals surface area contributed by atoms with E-state index in [4.69, 9.17) is 4.74 Å². The number of esters is 1. The van der Waals surface area contributed by atoms with Gasteiger partial charge in [-0.3, -0.25) is 9.48 Å². The molecule has 0 saturated carbocycles. The number of carbonyl (C=O) groups excluding carboxylic acids is 2. The number of hydrogen-bond donors (Lipinski definition) is 0. The van der Waals surface area contributed by atoms with E-state index in [9.17, 15) is 9.59 Å². The molecule has 21 heavy (non-hydrogen) atoms. The molecule has 1 heterocycles. The zero-order valence-corrected chi connectivity index (χ0v) is 13.1. The maximum atomic E-state index is 12.0. The number of benzene rings is 1. The quantitative estimate of drug-likeness (QED) is 0.593. The van der Waals surface area contributed by atoms with Gasteiger partial charge in [0.2, 0.25) is 5.78 Å². The Labute approximate surface area is 131 Å². The molecule has 1 aromatic heterocycles. The summed E-state index contributed by atoms with van der Waals surface area (Å²) < 4.78 is 7.32. The monoisotopic (exact) mass is 350 g/mol. The molecule has 2 aromatic rings. The number of Topliss-reactive ketones (excluding diaryl/α,β-unsaturated/α-hetero) is 1. The maximum Gasteiger partial charge on any atom is 0.374 e. The molecule has 0 saturated heterocycles. The number of aromatic nitrogens is 2. The second kappa shape index (κ2) is 7.17. The van der Waals surface area contributed by atoms with E-state index in [1.807, 2.05) is 24.3 Å². The zero-order chi connectivity index (χ0) is 15.2. The Morgan fingerprint density at radius 2 is 2.19 bits per heavy atom. The van der Waals surface area contributed by atoms with E-state index in [2.05, 4.69) is 21.0 Å². The van der Waals surface area contributed by atoms with Crippen molar-refractivity contribution >= 4 is 27.7 Å². The maximum absolute atomic E-state index is 12.0. The van der Waals surface area contributed by atoms with Crippen molar-refractivity contribution in [3.8, 4) is 0 Å². The van der Waals surface area contributed by atoms with Crippen molar-refractivity contribution in [3.05, 3.63) is 52.8 Å². The molecule has 0 radical (unpaired) electrons. The van der Waals surface area contributed by atoms with Crippen LogP contribution in [0, 0.1) is 0 Å². The normalized spacial score (nSPS) is 11.9. The molecule has 1 atom stereocenters. The first kappa shape index (κ1) is 15.4. The van der Waals surface area contributed by atoms with Gasteiger partial charge in [0.15, 0.2) is 0 Å². The summed E-state index contributed by atoms with van der Waals surface area (Å²) >= 11 is 3.41. The molecule has 1 unspecified atom stereocenters. The van der Waals surface area contributed by atoms with Crippen LogP contribution in [-0.4, -0.2) is 28.1 Å². The summed E-state index contributed by atoms with van der Waals surface area (Å²) in [6, 6.07) is 9.02. The van der Waals surface area contributed by atoms with Gasteiger partial charge in [-0.1, -0.05) is 28.1 Å². The van der Waals surface area contributed by atoms with Crippen molar-refractivity contribution < 1.29 is 14.3 Å². The van der Waals surface area contributed by atoms with Gasteiger partial charge in [0.05, 0.1) is 12.6 Å². The molecule has 0 N–H and O–H groups in total. The fourth-order valence-corrected chi connectivity index (χ4v) is 2.43. The largest absolute Gasteiger partial charge is 0.460 e. The van der Waals surface area contributed by atoms with Crippen LogP contribution in [0.3, 0.4) is 0 Å². The Bertz CT molecular complexity index is 626. The minimum atomic E-state index is -0.801. The van der Waals surface area contributed by atoms with Gasteiger partial charge in [-0.15, -0.1) is 0 Å². The van der Waals surface area contributed by atoms with Crippen LogP contribution in [-0.2, 0) is 14.3 Å². The Morgan fingerprint density at radius 3 is 2.81 bits per heavy atom. The number of halogens is 1. The lowest BCUT2D eigenvalue weighted by atomic mass is 10.0. The lowest BCUT2D eigenvalue weighted by Gasteiger charge is -2.17. The average Bonchev–Trinajstić information content (AvgIpc) is 2.98. The number of rotatable bonds is 6. The summed E-state index contributed by atoms with van der Waals surface area (Å²) in [5.41, 5.74) is 0.894. The Morgan fingerprint density at radius 1 is 1.38 bits per heavy atom. The highest BCUT2D eigenvalue weighted by Gasteiger charge is 2.23. The van der Waals surface area contributed by atoms with Gasteiger partial charge in [-0.25, -0.2) is 4.79 Å². The van der Waals surface area contributed by atoms with Crippen molar-refractivity contribution in [1.82, 2.24) is 9.78 Å². The van der Waals surface area contributed by atoms with Crippen LogP contribution < -0.4 is 0 Å². The van der Waals surface area contributed by atoms with E-state index in [0.717, 1.165) is 10.0 Å². The van der Waals surface area contributed by atoms with Crippen LogP contribution in [0.25, 0.3) is 0 Å². The molecule has 0 fully saturated rings. The molecule has 2 rings (SSSR count). The molecule has 0 aliphatic carbocycles. The van der Waals surface area contributed by atoms with Crippen LogP contribution in [0.5, 0.6) is 0 Å². The van der Waals surface area contributed by atoms with Gasteiger partial charge in [0, 0.05) is 23.3 Å². The SMILES string of the molecule is CCOC(=O)C(=O)CC(c1cccc(Br)c1)n1cccn1. The first-order valence-electron chi connectivity index (χ1n) is 6.56. The summed E-state index contributed by atoms with van der Waals surface area (Å²) in [7, 11) is 0. The standard InChI is InChI=1S/C15H15BrN2O3/c1-2-21-15(20)14(19)10-13(18-8-4-7-17-18)11-5-3-6-12(16)9-11/h3-9,13H,2,10H2,1H3. The summed E-state index contributed by atoms with van der Waals surface area (Å²) in [5.74, 6) is -1.36. The van der Waals surface area contributed by atoms with Gasteiger partial charge < -0.3 is 4.74 Å². The van der Waals surface area contributed by atoms with E-state index >= 15 is 0 Å². The molecule has 110 valence electrons. The summed E-state index contributed by atoms with van der Waals surface area (Å²) in [5, 5.41) is 4.18. The van der Waals surface area contributed by atoms with Gasteiger partial charge in [0.1, 0.15) is 0 Å². The summed E-state index contributed by atoms with van der Waals surface area (Å²) in [6.45, 7) is 1.86. The van der Waals surface area contributed by atoms with Crippen LogP contribution in [0.15, 0.2) is 47.2 Å². The number of ether oxygens (including phenoxy) is 1. The highest BCUT2D eigenvalue weighted by molar-refractivity contribution is 9.10. The molecular weight excluding hydrogens is 336 g/mol. The Balaban J connectivity index is 2.26. The van der Waals surface area contributed by atoms with Crippen molar-refractivity contribution in [1.29, 1.82) is 0 Å². The number of carbonyl (C=O) groups is 2. The van der Waals surface area contributed by atoms with E-state index in [-0.39, 0.29) is 19.1 Å². The molecule has 0 spiro atoms. The number of hydrogen-bond acceptors (Lipinski definition) is 4. The number of ketones is 1. The summed E-state index contributed by atoms with van der Waals surface area (Å²) in [6.07, 6.45) is 3.42. The van der Waals surface area contributed by atoms with Gasteiger partial charge in [-0.2, -0.15) is 5.10 Å². The second-order valence-corrected chi connectivity index (χ2v) is 5.32. The smallest absolute Gasteiger partial charge is 0.374 e. The first-order chi connectivity index (χ1) is 10.1. The highest BCUT2D eigenvalue weighted by Crippen LogP contribution is 2.24. The van der Waals surface area contributed by atoms with E-state index in [1.165, 1.54) is 0 Å². The molecule has 5 nitrogen and oxygen atoms in total. The third-order valence-corrected chi connectivity index (χ3v) is 3.45. The van der Waals surface area contributed by atoms with Crippen LogP contribution >= 0.6 is 15.9 Å². The Hall–Kier alpha value is -1.95. The minimum absolute atomic E-state index is 0.0109. The van der Waals surface area contributed by atoms with Gasteiger partial charge in [-0.05, 0) is 30.7 Å². The third-order valence-electron chi connectivity index (χ3n) is 2.96. The predicted molar refractivity (Wildman–Crippen MR) is 80.8 cm³/mol. The second-order valence-electron chi connectivity index (χ2n) is 4.40. The lowest BCUT2D eigenvalue weighted by Crippen LogP contribution is -2.23. The van der Waals surface area contributed by atoms with Crippen molar-refractivity contribution in [2.45, 2.75) is 19.4 Å². The average molecular weight is 351 g/mol. The fourth-order valence-electron chi connectivity index (χ4n) is 2.01. The third kappa shape index (κ3) is 4.01. The summed E-state index contributed by atoms with van der Waals surface area (Å²) in [4.78, 5) is 23.5. The van der Waals surface area contributed by atoms with Crippen molar-refractivity contribution in [2.24, 2.45) is 0 Å². The van der Waals surface area contributed by atoms with E-state index in [1.54, 1.807) is 30.1 Å². The lowest BCUT2D eigenvalue weighted by molar-refractivity contribution is -0.153. The minimum Gasteiger partial charge on any atom is -0.460 e. The van der Waals surface area contributed by atoms with Gasteiger partial charge in [0.25, 0.3) is 0 Å². The van der Waals surface area contributed by atoms with Crippen molar-refractivity contribution in [3.63, 3.8) is 0 Å². The molecule has 0 bridgehead atoms. The van der Waals surface area contributed by atoms with Crippen LogP contribution in [0.4, 0.5) is 0 Å². The Kier molecular flexibility index (Phi) is 5.27. The topological polar surface area (TPSA) is 61.2 Å². The molecule has 0 amide bonds. The van der Waals surface area contributed by atoms with Crippen molar-refractivity contribution in [2.75, 3.05) is 6.61 Å². The first-order valence-corrected chi connectivity index (χ1v) is 7.35. The van der Waals surface area contributed by atoms with Crippen LogP contribution in [0.2, 0.25) is 0 Å². The van der Waals surface area contributed by atoms with E-state index in [0.29, 0.717) is 0 Å². The molecule has 0 aliphatic rings. The molecule has 1 aromatic carbocycles. The fraction of sp³-hybridized carbons (Fsp3) is 0.267. The highest BCUT2D eigenvalue weighted by atomic mass is 79.9. The van der Waals surface area contributed by atoms with Crippen LogP contribution in [0.1, 0.15) is 24.9 Å². The zero-order valence-electron chi connectivity index (χ0n) is 11.5. The predicted octanol–water partition coefficient (Wildman–Crippen LogP) is 2.76. The molecular formula is C15H15BrN2O3. The van der Waals surface area contributed by atoms with E-state index < -0.39 is 11.8 Å². The molecule has 0 aliphatic heterocycles. The molecule has 6 heteroatoms.